The molecule has 9 heteroatoms. The molecule has 4 nitrogen and oxygen atoms in total. The molecule has 0 aromatic heterocycles. The van der Waals surface area contributed by atoms with E-state index in [9.17, 15) is 26.7 Å². The van der Waals surface area contributed by atoms with Gasteiger partial charge < -0.3 is 14.8 Å². The molecule has 0 atom stereocenters. The molecule has 0 saturated heterocycles. The second-order valence-electron chi connectivity index (χ2n) is 4.40. The Morgan fingerprint density at radius 1 is 1.04 bits per heavy atom. The van der Waals surface area contributed by atoms with Crippen molar-refractivity contribution >= 4 is 11.6 Å². The third-order valence-electron chi connectivity index (χ3n) is 2.68. The predicted octanol–water partition coefficient (Wildman–Crippen LogP) is 4.44. The first-order valence-electron chi connectivity index (χ1n) is 6.45. The summed E-state index contributed by atoms with van der Waals surface area (Å²) in [7, 11) is 0. The van der Waals surface area contributed by atoms with Gasteiger partial charge in [-0.05, 0) is 30.3 Å². The molecule has 0 radical (unpaired) electrons. The van der Waals surface area contributed by atoms with E-state index in [1.165, 1.54) is 36.4 Å². The van der Waals surface area contributed by atoms with E-state index in [0.29, 0.717) is 0 Å². The van der Waals surface area contributed by atoms with Crippen molar-refractivity contribution in [2.45, 2.75) is 13.0 Å². The number of para-hydroxylation sites is 2. The topological polar surface area (TPSA) is 47.6 Å². The fourth-order valence-electron chi connectivity index (χ4n) is 1.79. The number of hydrogen-bond acceptors (Lipinski definition) is 3. The minimum atomic E-state index is -4.92. The molecule has 2 rings (SSSR count). The lowest BCUT2D eigenvalue weighted by molar-refractivity contribution is -0.274. The maximum atomic E-state index is 12.3. The molecule has 0 aliphatic carbocycles. The molecule has 128 valence electrons. The van der Waals surface area contributed by atoms with Crippen molar-refractivity contribution in [3.63, 3.8) is 0 Å². The highest BCUT2D eigenvalue weighted by molar-refractivity contribution is 6.05. The molecule has 0 saturated carbocycles. The van der Waals surface area contributed by atoms with Gasteiger partial charge in [0.15, 0.2) is 5.75 Å². The Labute approximate surface area is 132 Å². The van der Waals surface area contributed by atoms with Crippen LogP contribution in [-0.2, 0) is 0 Å². The fourth-order valence-corrected chi connectivity index (χ4v) is 1.79. The van der Waals surface area contributed by atoms with Gasteiger partial charge in [0, 0.05) is 5.56 Å². The van der Waals surface area contributed by atoms with Crippen molar-refractivity contribution in [2.24, 2.45) is 0 Å². The quantitative estimate of drug-likeness (QED) is 0.814. The van der Waals surface area contributed by atoms with Gasteiger partial charge in [0.25, 0.3) is 5.91 Å². The zero-order valence-electron chi connectivity index (χ0n) is 11.8. The van der Waals surface area contributed by atoms with Crippen molar-refractivity contribution in [1.29, 1.82) is 0 Å². The molecule has 1 N–H and O–H groups in total. The third kappa shape index (κ3) is 5.11. The predicted molar refractivity (Wildman–Crippen MR) is 74.2 cm³/mol. The van der Waals surface area contributed by atoms with E-state index in [4.69, 9.17) is 0 Å². The van der Waals surface area contributed by atoms with Crippen LogP contribution in [0.4, 0.5) is 27.6 Å². The van der Waals surface area contributed by atoms with Crippen LogP contribution in [0, 0.1) is 0 Å². The summed E-state index contributed by atoms with van der Waals surface area (Å²) in [5.74, 6) is -1.66. The average Bonchev–Trinajstić information content (AvgIpc) is 2.47. The number of nitrogens with one attached hydrogen (secondary N) is 1. The van der Waals surface area contributed by atoms with Gasteiger partial charge in [-0.2, -0.15) is 8.78 Å². The van der Waals surface area contributed by atoms with Crippen LogP contribution in [0.5, 0.6) is 11.5 Å². The Bertz CT molecular complexity index is 718. The van der Waals surface area contributed by atoms with Crippen LogP contribution >= 0.6 is 0 Å². The molecule has 0 aliphatic heterocycles. The molecular weight excluding hydrogens is 337 g/mol. The van der Waals surface area contributed by atoms with Crippen LogP contribution in [0.1, 0.15) is 10.4 Å². The van der Waals surface area contributed by atoms with Crippen molar-refractivity contribution in [3.8, 4) is 11.5 Å². The second kappa shape index (κ2) is 7.16. The van der Waals surface area contributed by atoms with Gasteiger partial charge in [0.1, 0.15) is 5.75 Å². The van der Waals surface area contributed by atoms with Gasteiger partial charge >= 0.3 is 13.0 Å². The van der Waals surface area contributed by atoms with Crippen molar-refractivity contribution < 1.29 is 36.2 Å². The van der Waals surface area contributed by atoms with Crippen molar-refractivity contribution in [3.05, 3.63) is 54.1 Å². The Kier molecular flexibility index (Phi) is 5.22. The lowest BCUT2D eigenvalue weighted by Crippen LogP contribution is -2.19. The average molecular weight is 347 g/mol. The number of hydrogen-bond donors (Lipinski definition) is 1. The van der Waals surface area contributed by atoms with Crippen LogP contribution in [0.25, 0.3) is 0 Å². The van der Waals surface area contributed by atoms with Crippen LogP contribution in [0.3, 0.4) is 0 Å². The number of rotatable bonds is 5. The number of anilines is 1. The summed E-state index contributed by atoms with van der Waals surface area (Å²) in [6.45, 7) is -3.07. The lowest BCUT2D eigenvalue weighted by atomic mass is 10.2. The largest absolute Gasteiger partial charge is 0.573 e. The number of amides is 1. The standard InChI is InChI=1S/C15H10F5NO3/c16-14(17)23-10-5-3-4-9(8-10)13(22)21-11-6-1-2-7-12(11)24-15(18,19)20/h1-8,14H,(H,21,22). The molecule has 0 bridgehead atoms. The van der Waals surface area contributed by atoms with Crippen molar-refractivity contribution in [1.82, 2.24) is 0 Å². The number of halogens is 5. The SMILES string of the molecule is O=C(Nc1ccccc1OC(F)(F)F)c1cccc(OC(F)F)c1. The number of benzene rings is 2. The molecule has 0 spiro atoms. The highest BCUT2D eigenvalue weighted by atomic mass is 19.4. The number of alkyl halides is 5. The zero-order chi connectivity index (χ0) is 17.7. The Balaban J connectivity index is 2.18. The molecule has 2 aromatic rings. The minimum Gasteiger partial charge on any atom is -0.435 e. The van der Waals surface area contributed by atoms with E-state index in [1.54, 1.807) is 0 Å². The van der Waals surface area contributed by atoms with Crippen LogP contribution in [0.15, 0.2) is 48.5 Å². The first-order valence-corrected chi connectivity index (χ1v) is 6.45. The molecule has 24 heavy (non-hydrogen) atoms. The number of ether oxygens (including phenoxy) is 2. The minimum absolute atomic E-state index is 0.0741. The summed E-state index contributed by atoms with van der Waals surface area (Å²) in [5, 5.41) is 2.22. The highest BCUT2D eigenvalue weighted by Gasteiger charge is 2.32. The van der Waals surface area contributed by atoms with Gasteiger partial charge in [-0.1, -0.05) is 18.2 Å². The third-order valence-corrected chi connectivity index (χ3v) is 2.68. The summed E-state index contributed by atoms with van der Waals surface area (Å²) < 4.78 is 69.3. The number of carbonyl (C=O) groups excluding carboxylic acids is 1. The second-order valence-corrected chi connectivity index (χ2v) is 4.40. The Hall–Kier alpha value is -2.84. The van der Waals surface area contributed by atoms with Crippen LogP contribution in [-0.4, -0.2) is 18.9 Å². The van der Waals surface area contributed by atoms with E-state index < -0.39 is 24.6 Å². The molecule has 0 fully saturated rings. The molecule has 2 aromatic carbocycles. The summed E-state index contributed by atoms with van der Waals surface area (Å²) in [6, 6.07) is 9.77. The first-order chi connectivity index (χ1) is 11.2. The zero-order valence-corrected chi connectivity index (χ0v) is 11.8. The van der Waals surface area contributed by atoms with Gasteiger partial charge in [0.2, 0.25) is 0 Å². The maximum absolute atomic E-state index is 12.3. The van der Waals surface area contributed by atoms with E-state index in [1.807, 2.05) is 0 Å². The van der Waals surface area contributed by atoms with E-state index in [0.717, 1.165) is 12.1 Å². The maximum Gasteiger partial charge on any atom is 0.573 e. The van der Waals surface area contributed by atoms with Gasteiger partial charge in [0.05, 0.1) is 5.69 Å². The molecule has 0 heterocycles. The normalized spacial score (nSPS) is 11.2. The number of carbonyl (C=O) groups is 1. The van der Waals surface area contributed by atoms with Gasteiger partial charge in [-0.15, -0.1) is 13.2 Å². The van der Waals surface area contributed by atoms with E-state index in [2.05, 4.69) is 14.8 Å². The van der Waals surface area contributed by atoms with Crippen LogP contribution < -0.4 is 14.8 Å². The molecule has 0 unspecified atom stereocenters. The highest BCUT2D eigenvalue weighted by Crippen LogP contribution is 2.30. The summed E-state index contributed by atoms with van der Waals surface area (Å²) >= 11 is 0. The summed E-state index contributed by atoms with van der Waals surface area (Å²) in [4.78, 5) is 12.1. The molecule has 1 amide bonds. The Morgan fingerprint density at radius 2 is 1.75 bits per heavy atom. The van der Waals surface area contributed by atoms with Crippen LogP contribution in [0.2, 0.25) is 0 Å². The summed E-state index contributed by atoms with van der Waals surface area (Å²) in [6.07, 6.45) is -4.92. The van der Waals surface area contributed by atoms with Gasteiger partial charge in [-0.3, -0.25) is 4.79 Å². The van der Waals surface area contributed by atoms with Crippen molar-refractivity contribution in [2.75, 3.05) is 5.32 Å². The summed E-state index contributed by atoms with van der Waals surface area (Å²) in [5.41, 5.74) is -0.296. The monoisotopic (exact) mass is 347 g/mol. The van der Waals surface area contributed by atoms with E-state index in [-0.39, 0.29) is 17.0 Å². The molecule has 0 aliphatic rings. The van der Waals surface area contributed by atoms with E-state index >= 15 is 0 Å². The lowest BCUT2D eigenvalue weighted by Gasteiger charge is -2.14. The smallest absolute Gasteiger partial charge is 0.435 e. The Morgan fingerprint density at radius 3 is 2.42 bits per heavy atom. The molecular formula is C15H10F5NO3. The van der Waals surface area contributed by atoms with Gasteiger partial charge in [-0.25, -0.2) is 0 Å². The fraction of sp³-hybridized carbons (Fsp3) is 0.133. The first kappa shape index (κ1) is 17.5.